The molecule has 1 aliphatic heterocycles. The third kappa shape index (κ3) is 4.22. The number of hydrogen-bond acceptors (Lipinski definition) is 5. The van der Waals surface area contributed by atoms with Gasteiger partial charge in [-0.2, -0.15) is 18.1 Å². The standard InChI is InChI=1S/C19H19F3O5S/c1-17(13-28(23,24)14-8-4-3-5-9-14)15-10-6-7-11-16(15)18(2,27-26-17)25-12-19(20,21)22/h3-11H,12-13H2,1-2H3. The van der Waals surface area contributed by atoms with Gasteiger partial charge in [-0.05, 0) is 31.5 Å². The van der Waals surface area contributed by atoms with Crippen LogP contribution in [0.25, 0.3) is 0 Å². The third-order valence-electron chi connectivity index (χ3n) is 4.45. The van der Waals surface area contributed by atoms with Crippen LogP contribution in [0.4, 0.5) is 13.2 Å². The molecule has 152 valence electrons. The lowest BCUT2D eigenvalue weighted by atomic mass is 9.88. The average molecular weight is 416 g/mol. The van der Waals surface area contributed by atoms with Crippen molar-refractivity contribution >= 4 is 9.84 Å². The van der Waals surface area contributed by atoms with E-state index in [9.17, 15) is 21.6 Å². The molecule has 2 aromatic rings. The van der Waals surface area contributed by atoms with Crippen LogP contribution in [0.1, 0.15) is 25.0 Å². The zero-order valence-electron chi connectivity index (χ0n) is 15.2. The number of sulfone groups is 1. The number of rotatable bonds is 5. The molecule has 0 fully saturated rings. The van der Waals surface area contributed by atoms with Crippen molar-refractivity contribution in [3.63, 3.8) is 0 Å². The van der Waals surface area contributed by atoms with Gasteiger partial charge < -0.3 is 4.74 Å². The van der Waals surface area contributed by atoms with Gasteiger partial charge in [0.25, 0.3) is 0 Å². The minimum absolute atomic E-state index is 0.110. The molecular formula is C19H19F3O5S. The van der Waals surface area contributed by atoms with Crippen LogP contribution in [0, 0.1) is 0 Å². The van der Waals surface area contributed by atoms with Gasteiger partial charge in [-0.3, -0.25) is 0 Å². The van der Waals surface area contributed by atoms with Gasteiger partial charge in [0.15, 0.2) is 9.84 Å². The van der Waals surface area contributed by atoms with E-state index in [1.807, 2.05) is 0 Å². The fourth-order valence-electron chi connectivity index (χ4n) is 3.10. The van der Waals surface area contributed by atoms with Crippen LogP contribution in [0.3, 0.4) is 0 Å². The molecule has 0 saturated carbocycles. The number of alkyl halides is 3. The molecular weight excluding hydrogens is 397 g/mol. The Morgan fingerprint density at radius 1 is 0.929 bits per heavy atom. The summed E-state index contributed by atoms with van der Waals surface area (Å²) < 4.78 is 68.4. The highest BCUT2D eigenvalue weighted by atomic mass is 32.2. The van der Waals surface area contributed by atoms with E-state index in [2.05, 4.69) is 0 Å². The maximum absolute atomic E-state index is 12.8. The summed E-state index contributed by atoms with van der Waals surface area (Å²) in [6.07, 6.45) is -4.56. The van der Waals surface area contributed by atoms with Gasteiger partial charge in [0, 0.05) is 5.56 Å². The zero-order chi connectivity index (χ0) is 20.6. The summed E-state index contributed by atoms with van der Waals surface area (Å²) in [6.45, 7) is 1.26. The highest BCUT2D eigenvalue weighted by molar-refractivity contribution is 7.91. The van der Waals surface area contributed by atoms with Gasteiger partial charge in [0.2, 0.25) is 5.79 Å². The topological polar surface area (TPSA) is 61.8 Å². The highest BCUT2D eigenvalue weighted by Crippen LogP contribution is 2.44. The molecule has 0 saturated heterocycles. The molecule has 5 nitrogen and oxygen atoms in total. The summed E-state index contributed by atoms with van der Waals surface area (Å²) in [5.41, 5.74) is -0.784. The number of hydrogen-bond donors (Lipinski definition) is 0. The molecule has 0 N–H and O–H groups in total. The number of ether oxygens (including phenoxy) is 1. The van der Waals surface area contributed by atoms with Gasteiger partial charge in [0.05, 0.1) is 10.6 Å². The van der Waals surface area contributed by atoms with Crippen LogP contribution >= 0.6 is 0 Å². The van der Waals surface area contributed by atoms with E-state index in [0.717, 1.165) is 0 Å². The molecule has 2 atom stereocenters. The van der Waals surface area contributed by atoms with Gasteiger partial charge >= 0.3 is 6.18 Å². The Morgan fingerprint density at radius 3 is 2.11 bits per heavy atom. The number of benzene rings is 2. The van der Waals surface area contributed by atoms with Crippen LogP contribution in [-0.2, 0) is 35.7 Å². The second kappa shape index (κ2) is 7.14. The Balaban J connectivity index is 1.96. The van der Waals surface area contributed by atoms with Gasteiger partial charge in [-0.25, -0.2) is 13.3 Å². The second-order valence-corrected chi connectivity index (χ2v) is 8.85. The molecule has 0 aliphatic carbocycles. The Hall–Kier alpha value is -1.94. The maximum atomic E-state index is 12.8. The van der Waals surface area contributed by atoms with Crippen molar-refractivity contribution in [2.75, 3.05) is 12.4 Å². The summed E-state index contributed by atoms with van der Waals surface area (Å²) in [4.78, 5) is 10.7. The number of halogens is 3. The monoisotopic (exact) mass is 416 g/mol. The van der Waals surface area contributed by atoms with E-state index >= 15 is 0 Å². The van der Waals surface area contributed by atoms with E-state index in [4.69, 9.17) is 14.5 Å². The normalized spacial score (nSPS) is 25.3. The first kappa shape index (κ1) is 20.8. The minimum Gasteiger partial charge on any atom is -0.334 e. The first-order chi connectivity index (χ1) is 13.0. The fourth-order valence-corrected chi connectivity index (χ4v) is 4.77. The van der Waals surface area contributed by atoms with Crippen LogP contribution < -0.4 is 0 Å². The summed E-state index contributed by atoms with van der Waals surface area (Å²) in [7, 11) is -3.76. The lowest BCUT2D eigenvalue weighted by Gasteiger charge is -2.42. The third-order valence-corrected chi connectivity index (χ3v) is 6.37. The van der Waals surface area contributed by atoms with Gasteiger partial charge in [-0.15, -0.1) is 0 Å². The molecule has 0 aromatic heterocycles. The molecule has 3 rings (SSSR count). The van der Waals surface area contributed by atoms with E-state index in [1.165, 1.54) is 32.0 Å². The SMILES string of the molecule is CC1(CS(=O)(=O)c2ccccc2)OOC(C)(OCC(F)(F)F)c2ccccc21. The summed E-state index contributed by atoms with van der Waals surface area (Å²) in [5.74, 6) is -2.29. The van der Waals surface area contributed by atoms with E-state index in [1.54, 1.807) is 36.4 Å². The smallest absolute Gasteiger partial charge is 0.334 e. The van der Waals surface area contributed by atoms with Crippen LogP contribution in [0.2, 0.25) is 0 Å². The van der Waals surface area contributed by atoms with Crippen molar-refractivity contribution < 1.29 is 36.1 Å². The summed E-state index contributed by atoms with van der Waals surface area (Å²) in [5, 5.41) is 0. The molecule has 2 aromatic carbocycles. The zero-order valence-corrected chi connectivity index (χ0v) is 16.0. The van der Waals surface area contributed by atoms with E-state index in [-0.39, 0.29) is 10.5 Å². The van der Waals surface area contributed by atoms with Gasteiger partial charge in [-0.1, -0.05) is 42.5 Å². The molecule has 9 heteroatoms. The molecule has 1 aliphatic rings. The van der Waals surface area contributed by atoms with Crippen molar-refractivity contribution in [1.29, 1.82) is 0 Å². The molecule has 1 heterocycles. The van der Waals surface area contributed by atoms with Gasteiger partial charge in [0.1, 0.15) is 12.2 Å². The first-order valence-electron chi connectivity index (χ1n) is 8.41. The van der Waals surface area contributed by atoms with Crippen molar-refractivity contribution in [3.8, 4) is 0 Å². The van der Waals surface area contributed by atoms with Crippen LogP contribution in [-0.4, -0.2) is 27.0 Å². The van der Waals surface area contributed by atoms with Crippen LogP contribution in [0.15, 0.2) is 59.5 Å². The van der Waals surface area contributed by atoms with Crippen molar-refractivity contribution in [3.05, 3.63) is 65.7 Å². The first-order valence-corrected chi connectivity index (χ1v) is 10.1. The summed E-state index contributed by atoms with van der Waals surface area (Å²) in [6, 6.07) is 14.2. The highest BCUT2D eigenvalue weighted by Gasteiger charge is 2.49. The molecule has 0 bridgehead atoms. The predicted octanol–water partition coefficient (Wildman–Crippen LogP) is 4.09. The quantitative estimate of drug-likeness (QED) is 0.687. The van der Waals surface area contributed by atoms with E-state index in [0.29, 0.717) is 5.56 Å². The van der Waals surface area contributed by atoms with Crippen molar-refractivity contribution in [1.82, 2.24) is 0 Å². The van der Waals surface area contributed by atoms with E-state index < -0.39 is 39.8 Å². The summed E-state index contributed by atoms with van der Waals surface area (Å²) >= 11 is 0. The molecule has 2 unspecified atom stereocenters. The maximum Gasteiger partial charge on any atom is 0.411 e. The minimum atomic E-state index is -4.56. The Bertz CT molecular complexity index is 946. The largest absolute Gasteiger partial charge is 0.411 e. The number of fused-ring (bicyclic) bond motifs is 1. The van der Waals surface area contributed by atoms with Crippen molar-refractivity contribution in [2.24, 2.45) is 0 Å². The molecule has 0 spiro atoms. The fraction of sp³-hybridized carbons (Fsp3) is 0.368. The second-order valence-electron chi connectivity index (χ2n) is 6.86. The lowest BCUT2D eigenvalue weighted by molar-refractivity contribution is -0.484. The van der Waals surface area contributed by atoms with Crippen molar-refractivity contribution in [2.45, 2.75) is 36.3 Å². The average Bonchev–Trinajstić information content (AvgIpc) is 2.64. The van der Waals surface area contributed by atoms with Crippen LogP contribution in [0.5, 0.6) is 0 Å². The molecule has 28 heavy (non-hydrogen) atoms. The lowest BCUT2D eigenvalue weighted by Crippen LogP contribution is -2.47. The Labute approximate surface area is 160 Å². The Kier molecular flexibility index (Phi) is 5.30. The predicted molar refractivity (Wildman–Crippen MR) is 93.8 cm³/mol. The molecule has 0 amide bonds. The molecule has 0 radical (unpaired) electrons. The Morgan fingerprint density at radius 2 is 1.50 bits per heavy atom.